The van der Waals surface area contributed by atoms with Crippen molar-refractivity contribution in [2.75, 3.05) is 11.4 Å². The monoisotopic (exact) mass is 262 g/mol. The van der Waals surface area contributed by atoms with Crippen molar-refractivity contribution in [2.45, 2.75) is 45.1 Å². The van der Waals surface area contributed by atoms with Gasteiger partial charge in [-0.3, -0.25) is 0 Å². The molecular weight excluding hydrogens is 244 g/mol. The van der Waals surface area contributed by atoms with Gasteiger partial charge >= 0.3 is 0 Å². The van der Waals surface area contributed by atoms with E-state index in [1.165, 1.54) is 32.1 Å². The van der Waals surface area contributed by atoms with Crippen LogP contribution in [0.2, 0.25) is 5.02 Å². The van der Waals surface area contributed by atoms with Crippen LogP contribution in [0.1, 0.15) is 44.6 Å². The molecule has 1 aromatic carbocycles. The number of rotatable bonds is 3. The van der Waals surface area contributed by atoms with E-state index in [0.717, 1.165) is 12.2 Å². The van der Waals surface area contributed by atoms with Crippen molar-refractivity contribution in [3.63, 3.8) is 0 Å². The average Bonchev–Trinajstić information content (AvgIpc) is 2.40. The van der Waals surface area contributed by atoms with Crippen LogP contribution in [0.25, 0.3) is 0 Å². The van der Waals surface area contributed by atoms with Gasteiger partial charge in [0.05, 0.1) is 10.6 Å². The summed E-state index contributed by atoms with van der Waals surface area (Å²) in [6, 6.07) is 8.54. The fourth-order valence-corrected chi connectivity index (χ4v) is 2.96. The molecule has 96 valence electrons. The third kappa shape index (κ3) is 2.79. The van der Waals surface area contributed by atoms with E-state index < -0.39 is 0 Å². The molecule has 0 radical (unpaired) electrons. The first-order valence-electron chi connectivity index (χ1n) is 6.72. The Bertz CT molecular complexity index is 448. The molecule has 1 atom stereocenters. The zero-order valence-corrected chi connectivity index (χ0v) is 11.6. The van der Waals surface area contributed by atoms with Gasteiger partial charge in [0.25, 0.3) is 0 Å². The molecule has 0 aromatic heterocycles. The fourth-order valence-electron chi connectivity index (χ4n) is 2.75. The number of nitriles is 1. The van der Waals surface area contributed by atoms with Gasteiger partial charge in [0, 0.05) is 18.3 Å². The lowest BCUT2D eigenvalue weighted by atomic mass is 9.97. The van der Waals surface area contributed by atoms with E-state index in [0.29, 0.717) is 16.6 Å². The molecule has 1 aliphatic heterocycles. The molecule has 0 saturated carbocycles. The molecule has 0 N–H and O–H groups in total. The summed E-state index contributed by atoms with van der Waals surface area (Å²) in [5.74, 6) is 0. The third-order valence-corrected chi connectivity index (χ3v) is 3.97. The van der Waals surface area contributed by atoms with Crippen molar-refractivity contribution in [1.29, 1.82) is 5.26 Å². The van der Waals surface area contributed by atoms with Crippen LogP contribution < -0.4 is 4.90 Å². The molecule has 1 fully saturated rings. The van der Waals surface area contributed by atoms with Crippen LogP contribution in [0.15, 0.2) is 18.2 Å². The van der Waals surface area contributed by atoms with Crippen LogP contribution in [-0.4, -0.2) is 12.6 Å². The van der Waals surface area contributed by atoms with Gasteiger partial charge in [-0.2, -0.15) is 5.26 Å². The molecule has 3 heteroatoms. The number of hydrogen-bond donors (Lipinski definition) is 0. The van der Waals surface area contributed by atoms with Crippen molar-refractivity contribution >= 4 is 17.3 Å². The Morgan fingerprint density at radius 1 is 1.44 bits per heavy atom. The summed E-state index contributed by atoms with van der Waals surface area (Å²) in [5.41, 5.74) is 1.72. The second kappa shape index (κ2) is 6.11. The summed E-state index contributed by atoms with van der Waals surface area (Å²) in [7, 11) is 0. The molecule has 1 heterocycles. The minimum absolute atomic E-state index is 0.560. The highest BCUT2D eigenvalue weighted by atomic mass is 35.5. The Balaban J connectivity index is 2.23. The highest BCUT2D eigenvalue weighted by Crippen LogP contribution is 2.30. The van der Waals surface area contributed by atoms with Crippen LogP contribution in [0, 0.1) is 11.3 Å². The largest absolute Gasteiger partial charge is 0.369 e. The molecular formula is C15H19ClN2. The van der Waals surface area contributed by atoms with Crippen molar-refractivity contribution in [1.82, 2.24) is 0 Å². The number of piperidine rings is 1. The quantitative estimate of drug-likeness (QED) is 0.809. The lowest BCUT2D eigenvalue weighted by Crippen LogP contribution is -2.39. The van der Waals surface area contributed by atoms with E-state index in [2.05, 4.69) is 17.9 Å². The van der Waals surface area contributed by atoms with Gasteiger partial charge < -0.3 is 4.90 Å². The van der Waals surface area contributed by atoms with Gasteiger partial charge in [0.1, 0.15) is 6.07 Å². The predicted octanol–water partition coefficient (Wildman–Crippen LogP) is 4.37. The molecule has 2 nitrogen and oxygen atoms in total. The van der Waals surface area contributed by atoms with Crippen LogP contribution >= 0.6 is 11.6 Å². The molecule has 1 aromatic rings. The molecule has 1 aliphatic rings. The van der Waals surface area contributed by atoms with Gasteiger partial charge in [0.15, 0.2) is 0 Å². The topological polar surface area (TPSA) is 27.0 Å². The standard InChI is InChI=1S/C15H19ClN2/c1-2-5-13-6-3-4-9-18(13)14-8-7-12(11-17)15(16)10-14/h7-8,10,13H,2-6,9H2,1H3. The summed E-state index contributed by atoms with van der Waals surface area (Å²) >= 11 is 6.12. The number of anilines is 1. The first kappa shape index (κ1) is 13.2. The van der Waals surface area contributed by atoms with E-state index in [4.69, 9.17) is 16.9 Å². The molecule has 1 saturated heterocycles. The van der Waals surface area contributed by atoms with Crippen LogP contribution in [0.3, 0.4) is 0 Å². The van der Waals surface area contributed by atoms with E-state index in [1.807, 2.05) is 18.2 Å². The molecule has 0 bridgehead atoms. The predicted molar refractivity (Wildman–Crippen MR) is 76.1 cm³/mol. The number of benzene rings is 1. The Hall–Kier alpha value is -1.20. The van der Waals surface area contributed by atoms with Crippen LogP contribution in [0.5, 0.6) is 0 Å². The minimum atomic E-state index is 0.560. The number of halogens is 1. The summed E-state index contributed by atoms with van der Waals surface area (Å²) in [4.78, 5) is 2.46. The summed E-state index contributed by atoms with van der Waals surface area (Å²) < 4.78 is 0. The zero-order chi connectivity index (χ0) is 13.0. The molecule has 0 amide bonds. The average molecular weight is 263 g/mol. The first-order valence-corrected chi connectivity index (χ1v) is 7.10. The minimum Gasteiger partial charge on any atom is -0.369 e. The molecule has 2 rings (SSSR count). The SMILES string of the molecule is CCCC1CCCCN1c1ccc(C#N)c(Cl)c1. The molecule has 18 heavy (non-hydrogen) atoms. The molecule has 0 aliphatic carbocycles. The van der Waals surface area contributed by atoms with Gasteiger partial charge in [0.2, 0.25) is 0 Å². The van der Waals surface area contributed by atoms with E-state index in [-0.39, 0.29) is 0 Å². The molecule has 1 unspecified atom stereocenters. The van der Waals surface area contributed by atoms with Gasteiger partial charge in [-0.05, 0) is 43.9 Å². The molecule has 0 spiro atoms. The Labute approximate surface area is 114 Å². The summed E-state index contributed by atoms with van der Waals surface area (Å²) in [6.45, 7) is 3.34. The Morgan fingerprint density at radius 3 is 2.94 bits per heavy atom. The van der Waals surface area contributed by atoms with Crippen molar-refractivity contribution in [3.8, 4) is 6.07 Å². The van der Waals surface area contributed by atoms with Crippen molar-refractivity contribution in [2.24, 2.45) is 0 Å². The van der Waals surface area contributed by atoms with Crippen LogP contribution in [-0.2, 0) is 0 Å². The maximum Gasteiger partial charge on any atom is 0.101 e. The van der Waals surface area contributed by atoms with Gasteiger partial charge in [-0.25, -0.2) is 0 Å². The highest BCUT2D eigenvalue weighted by molar-refractivity contribution is 6.32. The maximum atomic E-state index is 8.91. The van der Waals surface area contributed by atoms with E-state index in [9.17, 15) is 0 Å². The lowest BCUT2D eigenvalue weighted by Gasteiger charge is -2.37. The highest BCUT2D eigenvalue weighted by Gasteiger charge is 2.22. The normalized spacial score (nSPS) is 19.6. The number of nitrogens with zero attached hydrogens (tertiary/aromatic N) is 2. The lowest BCUT2D eigenvalue weighted by molar-refractivity contribution is 0.435. The van der Waals surface area contributed by atoms with Crippen molar-refractivity contribution < 1.29 is 0 Å². The van der Waals surface area contributed by atoms with Crippen molar-refractivity contribution in [3.05, 3.63) is 28.8 Å². The summed E-state index contributed by atoms with van der Waals surface area (Å²) in [6.07, 6.45) is 6.29. The maximum absolute atomic E-state index is 8.91. The number of hydrogen-bond acceptors (Lipinski definition) is 2. The fraction of sp³-hybridized carbons (Fsp3) is 0.533. The van der Waals surface area contributed by atoms with Gasteiger partial charge in [-0.1, -0.05) is 24.9 Å². The third-order valence-electron chi connectivity index (χ3n) is 3.65. The Morgan fingerprint density at radius 2 is 2.28 bits per heavy atom. The second-order valence-corrected chi connectivity index (χ2v) is 5.31. The summed E-state index contributed by atoms with van der Waals surface area (Å²) in [5, 5.41) is 9.47. The second-order valence-electron chi connectivity index (χ2n) is 4.91. The van der Waals surface area contributed by atoms with E-state index in [1.54, 1.807) is 0 Å². The first-order chi connectivity index (χ1) is 8.76. The van der Waals surface area contributed by atoms with Crippen LogP contribution in [0.4, 0.5) is 5.69 Å². The Kier molecular flexibility index (Phi) is 4.49. The smallest absolute Gasteiger partial charge is 0.101 e. The van der Waals surface area contributed by atoms with Gasteiger partial charge in [-0.15, -0.1) is 0 Å². The zero-order valence-electron chi connectivity index (χ0n) is 10.8. The van der Waals surface area contributed by atoms with E-state index >= 15 is 0 Å².